The van der Waals surface area contributed by atoms with Crippen LogP contribution in [0.1, 0.15) is 115 Å². The van der Waals surface area contributed by atoms with Gasteiger partial charge in [0.25, 0.3) is 0 Å². The zero-order valence-electron chi connectivity index (χ0n) is 26.2. The van der Waals surface area contributed by atoms with Gasteiger partial charge >= 0.3 is 5.97 Å². The van der Waals surface area contributed by atoms with E-state index in [4.69, 9.17) is 0 Å². The summed E-state index contributed by atoms with van der Waals surface area (Å²) in [6.45, 7) is 19.9. The number of carboxylic acid groups (broad SMARTS) is 1. The number of carbonyl (C=O) groups is 1. The number of rotatable bonds is 4. The van der Waals surface area contributed by atoms with Gasteiger partial charge in [0.15, 0.2) is 0 Å². The van der Waals surface area contributed by atoms with Gasteiger partial charge in [-0.2, -0.15) is 0 Å². The topological polar surface area (TPSA) is 49.3 Å². The highest BCUT2D eigenvalue weighted by Gasteiger charge is 2.70. The third-order valence-electron chi connectivity index (χ3n) is 14.6. The molecule has 4 saturated carbocycles. The summed E-state index contributed by atoms with van der Waals surface area (Å²) >= 11 is 0. The van der Waals surface area contributed by atoms with Crippen molar-refractivity contribution in [1.82, 2.24) is 5.32 Å². The van der Waals surface area contributed by atoms with Crippen molar-refractivity contribution in [2.45, 2.75) is 105 Å². The number of hydrogen-bond donors (Lipinski definition) is 2. The SMILES string of the molecule is C=C(C)[C@@H]1CC[C@]2(NC)CC[C@]3(C)[C@H](CC[C@@H]4[C@@]5(C)CC=C(c6ccc(C(=O)O)cc6)C(C)(C)[C@@H]5CC[C@]43C)[C@@H]12. The van der Waals surface area contributed by atoms with Crippen LogP contribution in [0.3, 0.4) is 0 Å². The predicted octanol–water partition coefficient (Wildman–Crippen LogP) is 9.01. The molecule has 0 bridgehead atoms. The molecule has 5 aliphatic rings. The lowest BCUT2D eigenvalue weighted by Crippen LogP contribution is -2.67. The summed E-state index contributed by atoms with van der Waals surface area (Å²) in [6, 6.07) is 7.62. The van der Waals surface area contributed by atoms with Gasteiger partial charge in [-0.1, -0.05) is 65.0 Å². The fourth-order valence-electron chi connectivity index (χ4n) is 12.5. The Hall–Kier alpha value is -1.87. The third-order valence-corrected chi connectivity index (χ3v) is 14.6. The van der Waals surface area contributed by atoms with E-state index >= 15 is 0 Å². The second-order valence-electron chi connectivity index (χ2n) is 16.0. The Morgan fingerprint density at radius 2 is 1.60 bits per heavy atom. The van der Waals surface area contributed by atoms with Gasteiger partial charge < -0.3 is 10.4 Å². The van der Waals surface area contributed by atoms with E-state index < -0.39 is 5.97 Å². The number of fused-ring (bicyclic) bond motifs is 7. The van der Waals surface area contributed by atoms with Crippen LogP contribution in [0.25, 0.3) is 5.57 Å². The molecule has 2 N–H and O–H groups in total. The van der Waals surface area contributed by atoms with Gasteiger partial charge in [-0.05, 0) is 146 Å². The molecule has 9 atom stereocenters. The lowest BCUT2D eigenvalue weighted by molar-refractivity contribution is -0.219. The minimum absolute atomic E-state index is 0.0567. The van der Waals surface area contributed by atoms with Gasteiger partial charge in [-0.15, -0.1) is 0 Å². The van der Waals surface area contributed by atoms with Gasteiger partial charge in [0.2, 0.25) is 0 Å². The van der Waals surface area contributed by atoms with Crippen molar-refractivity contribution >= 4 is 11.5 Å². The van der Waals surface area contributed by atoms with Gasteiger partial charge in [0.1, 0.15) is 0 Å². The Balaban J connectivity index is 1.36. The molecule has 0 unspecified atom stereocenters. The number of aromatic carboxylic acids is 1. The van der Waals surface area contributed by atoms with Crippen molar-refractivity contribution in [3.63, 3.8) is 0 Å². The summed E-state index contributed by atoms with van der Waals surface area (Å²) in [4.78, 5) is 11.5. The van der Waals surface area contributed by atoms with E-state index in [1.54, 1.807) is 12.1 Å². The molecule has 0 aliphatic heterocycles. The van der Waals surface area contributed by atoms with Crippen LogP contribution in [0.15, 0.2) is 42.5 Å². The average molecular weight is 544 g/mol. The van der Waals surface area contributed by atoms with Crippen LogP contribution >= 0.6 is 0 Å². The monoisotopic (exact) mass is 543 g/mol. The Labute approximate surface area is 243 Å². The van der Waals surface area contributed by atoms with Crippen molar-refractivity contribution in [3.05, 3.63) is 53.6 Å². The van der Waals surface area contributed by atoms with E-state index in [0.29, 0.717) is 33.8 Å². The van der Waals surface area contributed by atoms with Gasteiger partial charge in [-0.3, -0.25) is 0 Å². The zero-order chi connectivity index (χ0) is 28.9. The van der Waals surface area contributed by atoms with Crippen LogP contribution in [0.4, 0.5) is 0 Å². The van der Waals surface area contributed by atoms with Gasteiger partial charge in [0, 0.05) is 5.54 Å². The quantitative estimate of drug-likeness (QED) is 0.373. The smallest absolute Gasteiger partial charge is 0.335 e. The van der Waals surface area contributed by atoms with E-state index in [2.05, 4.69) is 66.6 Å². The van der Waals surface area contributed by atoms with Crippen LogP contribution < -0.4 is 5.32 Å². The van der Waals surface area contributed by atoms with Crippen LogP contribution in [-0.4, -0.2) is 23.7 Å². The molecule has 1 aromatic carbocycles. The molecule has 0 amide bonds. The van der Waals surface area contributed by atoms with Crippen molar-refractivity contribution in [1.29, 1.82) is 0 Å². The average Bonchev–Trinajstić information content (AvgIpc) is 3.29. The van der Waals surface area contributed by atoms with E-state index in [-0.39, 0.29) is 10.8 Å². The normalized spacial score (nSPS) is 45.4. The highest BCUT2D eigenvalue weighted by Crippen LogP contribution is 2.76. The molecule has 0 aromatic heterocycles. The maximum Gasteiger partial charge on any atom is 0.335 e. The number of nitrogens with one attached hydrogen (secondary N) is 1. The zero-order valence-corrected chi connectivity index (χ0v) is 26.2. The van der Waals surface area contributed by atoms with Crippen LogP contribution in [-0.2, 0) is 0 Å². The summed E-state index contributed by atoms with van der Waals surface area (Å²) in [5.74, 6) is 2.67. The second-order valence-corrected chi connectivity index (χ2v) is 16.0. The summed E-state index contributed by atoms with van der Waals surface area (Å²) in [5, 5.41) is 13.3. The van der Waals surface area contributed by atoms with E-state index in [9.17, 15) is 9.90 Å². The van der Waals surface area contributed by atoms with Crippen molar-refractivity contribution in [3.8, 4) is 0 Å². The predicted molar refractivity (Wildman–Crippen MR) is 165 cm³/mol. The molecule has 3 nitrogen and oxygen atoms in total. The van der Waals surface area contributed by atoms with Crippen molar-refractivity contribution < 1.29 is 9.90 Å². The fourth-order valence-corrected chi connectivity index (χ4v) is 12.5. The first-order valence-electron chi connectivity index (χ1n) is 16.1. The standard InChI is InChI=1S/C37H53NO2/c1-23(2)26-15-20-37(38-8)22-21-35(6)28(31(26)37)13-14-30-34(5)18-16-27(24-9-11-25(12-10-24)32(39)40)33(3,4)29(34)17-19-36(30,35)7/h9-12,16,26,28-31,38H,1,13-15,17-22H2,2-8H3,(H,39,40)/t26-,28+,29-,30+,31+,34-,35+,36+,37-/m0/s1. The molecule has 3 heteroatoms. The van der Waals surface area contributed by atoms with E-state index in [1.165, 1.54) is 68.1 Å². The number of hydrogen-bond acceptors (Lipinski definition) is 2. The molecular weight excluding hydrogens is 490 g/mol. The summed E-state index contributed by atoms with van der Waals surface area (Å²) in [7, 11) is 2.24. The molecule has 4 fully saturated rings. The highest BCUT2D eigenvalue weighted by atomic mass is 16.4. The minimum atomic E-state index is -0.853. The molecule has 40 heavy (non-hydrogen) atoms. The Morgan fingerprint density at radius 3 is 2.23 bits per heavy atom. The van der Waals surface area contributed by atoms with E-state index in [0.717, 1.165) is 24.2 Å². The lowest BCUT2D eigenvalue weighted by atomic mass is 9.33. The van der Waals surface area contributed by atoms with Crippen molar-refractivity contribution in [2.75, 3.05) is 7.05 Å². The van der Waals surface area contributed by atoms with Gasteiger partial charge in [0.05, 0.1) is 5.56 Å². The van der Waals surface area contributed by atoms with Gasteiger partial charge in [-0.25, -0.2) is 4.79 Å². The first-order valence-corrected chi connectivity index (χ1v) is 16.1. The first kappa shape index (κ1) is 28.3. The molecule has 5 aliphatic carbocycles. The number of allylic oxidation sites excluding steroid dienone is 3. The Kier molecular flexibility index (Phi) is 6.40. The molecular formula is C37H53NO2. The molecule has 0 saturated heterocycles. The fraction of sp³-hybridized carbons (Fsp3) is 0.703. The van der Waals surface area contributed by atoms with Crippen molar-refractivity contribution in [2.24, 2.45) is 51.2 Å². The van der Waals surface area contributed by atoms with Crippen LogP contribution in [0.5, 0.6) is 0 Å². The summed E-state index contributed by atoms with van der Waals surface area (Å²) in [5.41, 5.74) is 5.77. The molecule has 1 aromatic rings. The van der Waals surface area contributed by atoms with E-state index in [1.807, 2.05) is 12.1 Å². The number of carboxylic acids is 1. The van der Waals surface area contributed by atoms with Crippen LogP contribution in [0, 0.1) is 51.2 Å². The summed E-state index contributed by atoms with van der Waals surface area (Å²) < 4.78 is 0. The highest BCUT2D eigenvalue weighted by molar-refractivity contribution is 5.88. The molecule has 218 valence electrons. The Bertz CT molecular complexity index is 1240. The summed E-state index contributed by atoms with van der Waals surface area (Å²) in [6.07, 6.45) is 14.3. The Morgan fingerprint density at radius 1 is 0.900 bits per heavy atom. The minimum Gasteiger partial charge on any atom is -0.478 e. The molecule has 0 spiro atoms. The number of benzene rings is 1. The van der Waals surface area contributed by atoms with Crippen LogP contribution in [0.2, 0.25) is 0 Å². The molecule has 0 heterocycles. The second kappa shape index (κ2) is 9.06. The third kappa shape index (κ3) is 3.55. The largest absolute Gasteiger partial charge is 0.478 e. The molecule has 0 radical (unpaired) electrons. The first-order chi connectivity index (χ1) is 18.7. The molecule has 6 rings (SSSR count). The maximum atomic E-state index is 11.5. The maximum absolute atomic E-state index is 11.5. The lowest BCUT2D eigenvalue weighted by Gasteiger charge is -2.72.